The van der Waals surface area contributed by atoms with E-state index in [9.17, 15) is 4.79 Å². The van der Waals surface area contributed by atoms with Crippen LogP contribution in [0.3, 0.4) is 0 Å². The highest BCUT2D eigenvalue weighted by Gasteiger charge is 2.26. The van der Waals surface area contributed by atoms with E-state index in [2.05, 4.69) is 10.2 Å². The standard InChI is InChI=1S/C18H21N3O3/c22-18(14-3-4-16-17(11-14)24-9-8-23-16)21-7-1-2-13(12-21)10-15-5-6-19-20-15/h3-6,11,13H,1-2,7-10,12H2,(H,19,20). The molecule has 1 N–H and O–H groups in total. The topological polar surface area (TPSA) is 67.5 Å². The number of rotatable bonds is 3. The molecule has 2 aromatic rings. The second kappa shape index (κ2) is 6.55. The SMILES string of the molecule is O=C(c1ccc2c(c1)OCCO2)N1CCCC(Cc2ccn[nH]2)C1. The quantitative estimate of drug-likeness (QED) is 0.939. The number of H-pyrrole nitrogens is 1. The molecule has 6 nitrogen and oxygen atoms in total. The summed E-state index contributed by atoms with van der Waals surface area (Å²) in [6, 6.07) is 7.46. The maximum atomic E-state index is 12.8. The van der Waals surface area contributed by atoms with Gasteiger partial charge in [0.25, 0.3) is 5.91 Å². The van der Waals surface area contributed by atoms with Crippen molar-refractivity contribution in [2.45, 2.75) is 19.3 Å². The second-order valence-corrected chi connectivity index (χ2v) is 6.40. The number of piperidine rings is 1. The molecule has 0 radical (unpaired) electrons. The zero-order valence-electron chi connectivity index (χ0n) is 13.5. The Morgan fingerprint density at radius 3 is 2.96 bits per heavy atom. The van der Waals surface area contributed by atoms with Gasteiger partial charge in [0.15, 0.2) is 11.5 Å². The number of hydrogen-bond donors (Lipinski definition) is 1. The predicted molar refractivity (Wildman–Crippen MR) is 88.4 cm³/mol. The summed E-state index contributed by atoms with van der Waals surface area (Å²) < 4.78 is 11.1. The number of aromatic amines is 1. The average molecular weight is 327 g/mol. The van der Waals surface area contributed by atoms with E-state index in [1.165, 1.54) is 0 Å². The van der Waals surface area contributed by atoms with Crippen molar-refractivity contribution < 1.29 is 14.3 Å². The van der Waals surface area contributed by atoms with Crippen LogP contribution in [0.5, 0.6) is 11.5 Å². The number of benzene rings is 1. The summed E-state index contributed by atoms with van der Waals surface area (Å²) in [5.74, 6) is 1.92. The fourth-order valence-corrected chi connectivity index (χ4v) is 3.48. The summed E-state index contributed by atoms with van der Waals surface area (Å²) in [6.07, 6.45) is 4.89. The summed E-state index contributed by atoms with van der Waals surface area (Å²) in [7, 11) is 0. The molecule has 1 aromatic carbocycles. The van der Waals surface area contributed by atoms with E-state index in [1.807, 2.05) is 23.1 Å². The van der Waals surface area contributed by atoms with E-state index >= 15 is 0 Å². The van der Waals surface area contributed by atoms with Crippen molar-refractivity contribution in [3.8, 4) is 11.5 Å². The van der Waals surface area contributed by atoms with Crippen LogP contribution in [-0.2, 0) is 6.42 Å². The molecule has 1 saturated heterocycles. The van der Waals surface area contributed by atoms with Gasteiger partial charge in [-0.25, -0.2) is 0 Å². The maximum Gasteiger partial charge on any atom is 0.254 e. The van der Waals surface area contributed by atoms with E-state index in [0.29, 0.717) is 36.2 Å². The molecule has 3 heterocycles. The second-order valence-electron chi connectivity index (χ2n) is 6.40. The molecule has 2 aliphatic rings. The van der Waals surface area contributed by atoms with Crippen molar-refractivity contribution in [1.82, 2.24) is 15.1 Å². The van der Waals surface area contributed by atoms with Gasteiger partial charge in [0, 0.05) is 30.5 Å². The van der Waals surface area contributed by atoms with E-state index in [-0.39, 0.29) is 5.91 Å². The molecule has 24 heavy (non-hydrogen) atoms. The number of carbonyl (C=O) groups is 1. The maximum absolute atomic E-state index is 12.8. The third-order valence-electron chi connectivity index (χ3n) is 4.66. The summed E-state index contributed by atoms with van der Waals surface area (Å²) in [5, 5.41) is 7.01. The lowest BCUT2D eigenvalue weighted by Gasteiger charge is -2.33. The number of nitrogens with one attached hydrogen (secondary N) is 1. The molecule has 1 atom stereocenters. The third kappa shape index (κ3) is 3.09. The van der Waals surface area contributed by atoms with Gasteiger partial charge in [-0.3, -0.25) is 9.89 Å². The Balaban J connectivity index is 1.45. The number of fused-ring (bicyclic) bond motifs is 1. The number of carbonyl (C=O) groups excluding carboxylic acids is 1. The number of nitrogens with zero attached hydrogens (tertiary/aromatic N) is 2. The minimum atomic E-state index is 0.0706. The molecule has 126 valence electrons. The molecule has 6 heteroatoms. The Kier molecular flexibility index (Phi) is 4.11. The smallest absolute Gasteiger partial charge is 0.254 e. The molecule has 0 saturated carbocycles. The minimum absolute atomic E-state index is 0.0706. The van der Waals surface area contributed by atoms with Crippen LogP contribution in [0.1, 0.15) is 28.9 Å². The van der Waals surface area contributed by atoms with Crippen molar-refractivity contribution in [2.75, 3.05) is 26.3 Å². The largest absolute Gasteiger partial charge is 0.486 e. The first-order chi connectivity index (χ1) is 11.8. The lowest BCUT2D eigenvalue weighted by atomic mass is 9.93. The van der Waals surface area contributed by atoms with E-state index in [0.717, 1.165) is 38.0 Å². The molecule has 0 bridgehead atoms. The Hall–Kier alpha value is -2.50. The van der Waals surface area contributed by atoms with E-state index < -0.39 is 0 Å². The van der Waals surface area contributed by atoms with Crippen LogP contribution in [0, 0.1) is 5.92 Å². The van der Waals surface area contributed by atoms with Crippen molar-refractivity contribution in [1.29, 1.82) is 0 Å². The van der Waals surface area contributed by atoms with Crippen LogP contribution in [0.25, 0.3) is 0 Å². The fraction of sp³-hybridized carbons (Fsp3) is 0.444. The molecule has 1 aromatic heterocycles. The number of amides is 1. The van der Waals surface area contributed by atoms with Gasteiger partial charge in [0.1, 0.15) is 13.2 Å². The fourth-order valence-electron chi connectivity index (χ4n) is 3.48. The number of hydrogen-bond acceptors (Lipinski definition) is 4. The molecule has 1 unspecified atom stereocenters. The first kappa shape index (κ1) is 15.1. The number of ether oxygens (including phenoxy) is 2. The zero-order chi connectivity index (χ0) is 16.4. The zero-order valence-corrected chi connectivity index (χ0v) is 13.5. The van der Waals surface area contributed by atoms with Crippen molar-refractivity contribution in [2.24, 2.45) is 5.92 Å². The molecule has 0 spiro atoms. The van der Waals surface area contributed by atoms with Crippen LogP contribution in [0.2, 0.25) is 0 Å². The van der Waals surface area contributed by atoms with E-state index in [1.54, 1.807) is 12.3 Å². The highest BCUT2D eigenvalue weighted by Crippen LogP contribution is 2.31. The average Bonchev–Trinajstić information content (AvgIpc) is 3.14. The van der Waals surface area contributed by atoms with Crippen LogP contribution in [0.15, 0.2) is 30.5 Å². The van der Waals surface area contributed by atoms with Crippen LogP contribution >= 0.6 is 0 Å². The van der Waals surface area contributed by atoms with Gasteiger partial charge in [0.2, 0.25) is 0 Å². The Bertz CT molecular complexity index is 714. The minimum Gasteiger partial charge on any atom is -0.486 e. The van der Waals surface area contributed by atoms with Gasteiger partial charge in [-0.15, -0.1) is 0 Å². The summed E-state index contributed by atoms with van der Waals surface area (Å²) in [6.45, 7) is 2.68. The Morgan fingerprint density at radius 2 is 2.12 bits per heavy atom. The third-order valence-corrected chi connectivity index (χ3v) is 4.66. The lowest BCUT2D eigenvalue weighted by Crippen LogP contribution is -2.40. The monoisotopic (exact) mass is 327 g/mol. The summed E-state index contributed by atoms with van der Waals surface area (Å²) in [5.41, 5.74) is 1.80. The molecular formula is C18H21N3O3. The Morgan fingerprint density at radius 1 is 1.25 bits per heavy atom. The van der Waals surface area contributed by atoms with Gasteiger partial charge in [0.05, 0.1) is 0 Å². The summed E-state index contributed by atoms with van der Waals surface area (Å²) in [4.78, 5) is 14.8. The highest BCUT2D eigenvalue weighted by molar-refractivity contribution is 5.95. The first-order valence-electron chi connectivity index (χ1n) is 8.47. The number of likely N-dealkylation sites (tertiary alicyclic amines) is 1. The van der Waals surface area contributed by atoms with Gasteiger partial charge in [-0.2, -0.15) is 5.10 Å². The van der Waals surface area contributed by atoms with Gasteiger partial charge in [-0.05, 0) is 49.4 Å². The summed E-state index contributed by atoms with van der Waals surface area (Å²) >= 11 is 0. The first-order valence-corrected chi connectivity index (χ1v) is 8.47. The van der Waals surface area contributed by atoms with Crippen LogP contribution < -0.4 is 9.47 Å². The molecule has 1 fully saturated rings. The molecule has 1 amide bonds. The van der Waals surface area contributed by atoms with E-state index in [4.69, 9.17) is 9.47 Å². The van der Waals surface area contributed by atoms with Gasteiger partial charge >= 0.3 is 0 Å². The molecular weight excluding hydrogens is 306 g/mol. The molecule has 0 aliphatic carbocycles. The van der Waals surface area contributed by atoms with Crippen molar-refractivity contribution in [3.05, 3.63) is 41.7 Å². The normalized spacial score (nSPS) is 20.0. The Labute approximate surface area is 140 Å². The van der Waals surface area contributed by atoms with Crippen molar-refractivity contribution >= 4 is 5.91 Å². The predicted octanol–water partition coefficient (Wildman–Crippen LogP) is 2.28. The van der Waals surface area contributed by atoms with Crippen LogP contribution in [-0.4, -0.2) is 47.3 Å². The molecule has 4 rings (SSSR count). The molecule has 2 aliphatic heterocycles. The van der Waals surface area contributed by atoms with Gasteiger partial charge in [-0.1, -0.05) is 0 Å². The lowest BCUT2D eigenvalue weighted by molar-refractivity contribution is 0.0671. The van der Waals surface area contributed by atoms with Crippen molar-refractivity contribution in [3.63, 3.8) is 0 Å². The number of aromatic nitrogens is 2. The highest BCUT2D eigenvalue weighted by atomic mass is 16.6. The van der Waals surface area contributed by atoms with Gasteiger partial charge < -0.3 is 14.4 Å². The van der Waals surface area contributed by atoms with Crippen LogP contribution in [0.4, 0.5) is 0 Å².